The first-order valence-corrected chi connectivity index (χ1v) is 3.28. The number of amides is 1. The summed E-state index contributed by atoms with van der Waals surface area (Å²) in [6.07, 6.45) is -0.666. The molecule has 0 fully saturated rings. The molecule has 0 aromatic rings. The first kappa shape index (κ1) is 10.2. The van der Waals surface area contributed by atoms with E-state index in [9.17, 15) is 4.79 Å². The largest absolute Gasteiger partial charge is 0.448 e. The first-order valence-electron chi connectivity index (χ1n) is 3.28. The van der Waals surface area contributed by atoms with Gasteiger partial charge in [0.15, 0.2) is 0 Å². The number of ether oxygens (including phenoxy) is 1. The van der Waals surface area contributed by atoms with Gasteiger partial charge < -0.3 is 9.84 Å². The zero-order chi connectivity index (χ0) is 8.69. The van der Waals surface area contributed by atoms with E-state index < -0.39 is 6.09 Å². The van der Waals surface area contributed by atoms with Crippen LogP contribution in [-0.4, -0.2) is 36.1 Å². The summed E-state index contributed by atoms with van der Waals surface area (Å²) in [6.45, 7) is 2.08. The minimum absolute atomic E-state index is 0.0902. The molecule has 0 saturated heterocycles. The minimum atomic E-state index is -0.666. The molecule has 4 N–H and O–H groups in total. The van der Waals surface area contributed by atoms with Crippen molar-refractivity contribution < 1.29 is 14.6 Å². The fourth-order valence-electron chi connectivity index (χ4n) is 0.428. The zero-order valence-corrected chi connectivity index (χ0v) is 6.41. The van der Waals surface area contributed by atoms with Gasteiger partial charge in [-0.05, 0) is 6.92 Å². The second-order valence-electron chi connectivity index (χ2n) is 1.70. The van der Waals surface area contributed by atoms with Gasteiger partial charge in [0.05, 0.1) is 13.2 Å². The van der Waals surface area contributed by atoms with Crippen LogP contribution in [0.1, 0.15) is 6.92 Å². The number of carbonyl (C=O) groups is 1. The fraction of sp³-hybridized carbons (Fsp3) is 0.800. The summed E-state index contributed by atoms with van der Waals surface area (Å²) in [4.78, 5) is 10.7. The Morgan fingerprint density at radius 1 is 1.82 bits per heavy atom. The average molecular weight is 163 g/mol. The van der Waals surface area contributed by atoms with Crippen molar-refractivity contribution in [1.82, 2.24) is 10.5 Å². The molecule has 11 heavy (non-hydrogen) atoms. The number of nitrogens with one attached hydrogen (secondary N) is 1. The molecule has 0 heterocycles. The lowest BCUT2D eigenvalue weighted by molar-refractivity contribution is 0.0830. The minimum Gasteiger partial charge on any atom is -0.448 e. The fourth-order valence-corrected chi connectivity index (χ4v) is 0.428. The molecule has 6 nitrogen and oxygen atoms in total. The Bertz CT molecular complexity index is 120. The summed E-state index contributed by atoms with van der Waals surface area (Å²) in [5.41, 5.74) is 2.40. The van der Waals surface area contributed by atoms with Crippen LogP contribution >= 0.6 is 0 Å². The Morgan fingerprint density at radius 2 is 2.45 bits per heavy atom. The standard InChI is InChI=1S/C5H13N3O3/c1-2-11-5(10)8(6)7-3-4-9/h7,9H,2-4,6H2,1H3. The van der Waals surface area contributed by atoms with Crippen LogP contribution in [0.25, 0.3) is 0 Å². The van der Waals surface area contributed by atoms with Crippen molar-refractivity contribution in [3.8, 4) is 0 Å². The molecule has 66 valence electrons. The summed E-state index contributed by atoms with van der Waals surface area (Å²) < 4.78 is 4.52. The van der Waals surface area contributed by atoms with Crippen molar-refractivity contribution in [2.24, 2.45) is 5.84 Å². The second-order valence-corrected chi connectivity index (χ2v) is 1.70. The van der Waals surface area contributed by atoms with Gasteiger partial charge in [0, 0.05) is 6.54 Å². The molecule has 0 aromatic carbocycles. The third kappa shape index (κ3) is 4.54. The van der Waals surface area contributed by atoms with Gasteiger partial charge in [-0.15, -0.1) is 0 Å². The predicted octanol–water partition coefficient (Wildman–Crippen LogP) is -1.18. The van der Waals surface area contributed by atoms with Crippen LogP contribution in [0.15, 0.2) is 0 Å². The van der Waals surface area contributed by atoms with Crippen molar-refractivity contribution in [2.75, 3.05) is 19.8 Å². The molecule has 0 rings (SSSR count). The van der Waals surface area contributed by atoms with Crippen LogP contribution in [-0.2, 0) is 4.74 Å². The topological polar surface area (TPSA) is 87.8 Å². The number of hydrazine groups is 2. The average Bonchev–Trinajstić information content (AvgIpc) is 2.00. The number of aliphatic hydroxyl groups is 1. The highest BCUT2D eigenvalue weighted by molar-refractivity contribution is 5.66. The molecule has 0 bridgehead atoms. The number of rotatable bonds is 4. The van der Waals surface area contributed by atoms with Gasteiger partial charge in [-0.1, -0.05) is 0 Å². The molecule has 0 aliphatic heterocycles. The molecule has 0 spiro atoms. The summed E-state index contributed by atoms with van der Waals surface area (Å²) in [5.74, 6) is 5.13. The highest BCUT2D eigenvalue weighted by Gasteiger charge is 2.07. The molecular formula is C5H13N3O3. The van der Waals surface area contributed by atoms with E-state index in [1.165, 1.54) is 0 Å². The van der Waals surface area contributed by atoms with Gasteiger partial charge in [-0.25, -0.2) is 16.1 Å². The van der Waals surface area contributed by atoms with Crippen molar-refractivity contribution in [3.63, 3.8) is 0 Å². The van der Waals surface area contributed by atoms with Crippen molar-refractivity contribution in [1.29, 1.82) is 0 Å². The van der Waals surface area contributed by atoms with Gasteiger partial charge in [0.1, 0.15) is 0 Å². The quantitative estimate of drug-likeness (QED) is 0.276. The lowest BCUT2D eigenvalue weighted by atomic mass is 10.7. The summed E-state index contributed by atoms with van der Waals surface area (Å²) >= 11 is 0. The Morgan fingerprint density at radius 3 is 2.91 bits per heavy atom. The number of hydrogen-bond acceptors (Lipinski definition) is 5. The number of aliphatic hydroxyl groups excluding tert-OH is 1. The summed E-state index contributed by atoms with van der Waals surface area (Å²) in [7, 11) is 0. The molecular weight excluding hydrogens is 150 g/mol. The predicted molar refractivity (Wildman–Crippen MR) is 38.1 cm³/mol. The summed E-state index contributed by atoms with van der Waals surface area (Å²) in [6, 6.07) is 0. The van der Waals surface area contributed by atoms with E-state index in [0.717, 1.165) is 0 Å². The number of hydrogen-bond donors (Lipinski definition) is 3. The number of nitrogens with two attached hydrogens (primary N) is 1. The third-order valence-electron chi connectivity index (χ3n) is 0.858. The Kier molecular flexibility index (Phi) is 5.44. The lowest BCUT2D eigenvalue weighted by Crippen LogP contribution is -2.49. The molecule has 0 aliphatic carbocycles. The van der Waals surface area contributed by atoms with Gasteiger partial charge in [-0.3, -0.25) is 0 Å². The Balaban J connectivity index is 3.46. The lowest BCUT2D eigenvalue weighted by Gasteiger charge is -2.15. The van der Waals surface area contributed by atoms with Crippen molar-refractivity contribution in [3.05, 3.63) is 0 Å². The SMILES string of the molecule is CCOC(=O)N(N)NCCO. The smallest absolute Gasteiger partial charge is 0.439 e. The molecule has 0 saturated carbocycles. The van der Waals surface area contributed by atoms with Gasteiger partial charge in [0.2, 0.25) is 0 Å². The van der Waals surface area contributed by atoms with Crippen LogP contribution < -0.4 is 11.3 Å². The molecule has 0 atom stereocenters. The van der Waals surface area contributed by atoms with E-state index in [2.05, 4.69) is 10.2 Å². The van der Waals surface area contributed by atoms with Crippen molar-refractivity contribution in [2.45, 2.75) is 6.92 Å². The van der Waals surface area contributed by atoms with Crippen LogP contribution in [0.5, 0.6) is 0 Å². The van der Waals surface area contributed by atoms with E-state index in [1.807, 2.05) is 0 Å². The molecule has 0 radical (unpaired) electrons. The van der Waals surface area contributed by atoms with E-state index in [-0.39, 0.29) is 19.8 Å². The highest BCUT2D eigenvalue weighted by Crippen LogP contribution is 1.81. The van der Waals surface area contributed by atoms with Crippen LogP contribution in [0.3, 0.4) is 0 Å². The monoisotopic (exact) mass is 163 g/mol. The first-order chi connectivity index (χ1) is 5.22. The molecule has 6 heteroatoms. The van der Waals surface area contributed by atoms with Gasteiger partial charge in [0.25, 0.3) is 0 Å². The summed E-state index contributed by atoms with van der Waals surface area (Å²) in [5, 5.41) is 9.02. The zero-order valence-electron chi connectivity index (χ0n) is 6.41. The van der Waals surface area contributed by atoms with E-state index in [0.29, 0.717) is 5.12 Å². The number of nitrogens with zero attached hydrogens (tertiary/aromatic N) is 1. The highest BCUT2D eigenvalue weighted by atomic mass is 16.6. The van der Waals surface area contributed by atoms with E-state index >= 15 is 0 Å². The molecule has 0 aliphatic rings. The Labute approximate surface area is 64.9 Å². The maximum atomic E-state index is 10.7. The third-order valence-corrected chi connectivity index (χ3v) is 0.858. The van der Waals surface area contributed by atoms with Crippen LogP contribution in [0.2, 0.25) is 0 Å². The second kappa shape index (κ2) is 5.90. The van der Waals surface area contributed by atoms with Crippen LogP contribution in [0, 0.1) is 0 Å². The molecule has 0 unspecified atom stereocenters. The maximum Gasteiger partial charge on any atom is 0.439 e. The Hall–Kier alpha value is -0.850. The normalized spacial score (nSPS) is 9.36. The van der Waals surface area contributed by atoms with Gasteiger partial charge in [-0.2, -0.15) is 5.12 Å². The molecule has 0 aromatic heterocycles. The maximum absolute atomic E-state index is 10.7. The van der Waals surface area contributed by atoms with Gasteiger partial charge >= 0.3 is 6.09 Å². The number of carbonyl (C=O) groups excluding carboxylic acids is 1. The van der Waals surface area contributed by atoms with Crippen molar-refractivity contribution >= 4 is 6.09 Å². The van der Waals surface area contributed by atoms with Crippen LogP contribution in [0.4, 0.5) is 4.79 Å². The molecule has 1 amide bonds. The van der Waals surface area contributed by atoms with E-state index in [1.54, 1.807) is 6.92 Å². The van der Waals surface area contributed by atoms with E-state index in [4.69, 9.17) is 10.9 Å².